The molecule has 2 saturated heterocycles. The summed E-state index contributed by atoms with van der Waals surface area (Å²) in [7, 11) is 0. The highest BCUT2D eigenvalue weighted by Crippen LogP contribution is 2.21. The van der Waals surface area contributed by atoms with Crippen LogP contribution in [0.3, 0.4) is 0 Å². The zero-order valence-corrected chi connectivity index (χ0v) is 13.1. The molecule has 2 heterocycles. The first-order chi connectivity index (χ1) is 9.95. The van der Waals surface area contributed by atoms with Gasteiger partial charge < -0.3 is 15.3 Å². The Kier molecular flexibility index (Phi) is 5.22. The first-order valence-corrected chi connectivity index (χ1v) is 7.95. The van der Waals surface area contributed by atoms with Crippen molar-refractivity contribution in [3.8, 4) is 0 Å². The number of rotatable bonds is 6. The van der Waals surface area contributed by atoms with Gasteiger partial charge in [-0.1, -0.05) is 6.42 Å². The Morgan fingerprint density at radius 1 is 1.29 bits per heavy atom. The van der Waals surface area contributed by atoms with E-state index in [4.69, 9.17) is 5.11 Å². The average Bonchev–Trinajstić information content (AvgIpc) is 2.62. The largest absolute Gasteiger partial charge is 0.396 e. The van der Waals surface area contributed by atoms with E-state index in [9.17, 15) is 9.59 Å². The molecule has 0 saturated carbocycles. The SMILES string of the molecule is CC1(C)NC(=O)N(CCCN2CCCCC2CCO)C1=O. The van der Waals surface area contributed by atoms with E-state index in [2.05, 4.69) is 10.2 Å². The lowest BCUT2D eigenvalue weighted by molar-refractivity contribution is -0.130. The van der Waals surface area contributed by atoms with Gasteiger partial charge in [-0.2, -0.15) is 0 Å². The smallest absolute Gasteiger partial charge is 0.325 e. The molecule has 6 heteroatoms. The molecule has 0 aromatic rings. The van der Waals surface area contributed by atoms with E-state index in [0.29, 0.717) is 12.6 Å². The number of aliphatic hydroxyl groups is 1. The molecule has 0 bridgehead atoms. The minimum Gasteiger partial charge on any atom is -0.396 e. The van der Waals surface area contributed by atoms with Gasteiger partial charge in [-0.05, 0) is 46.1 Å². The number of piperidine rings is 1. The van der Waals surface area contributed by atoms with Crippen molar-refractivity contribution in [2.24, 2.45) is 0 Å². The van der Waals surface area contributed by atoms with Crippen LogP contribution in [0.1, 0.15) is 46.0 Å². The van der Waals surface area contributed by atoms with Crippen LogP contribution in [0.25, 0.3) is 0 Å². The van der Waals surface area contributed by atoms with Gasteiger partial charge in [0.05, 0.1) is 0 Å². The molecule has 0 radical (unpaired) electrons. The Hall–Kier alpha value is -1.14. The molecular formula is C15H27N3O3. The highest BCUT2D eigenvalue weighted by Gasteiger charge is 2.43. The van der Waals surface area contributed by atoms with Crippen LogP contribution in [-0.4, -0.2) is 64.7 Å². The van der Waals surface area contributed by atoms with Crippen molar-refractivity contribution in [1.82, 2.24) is 15.1 Å². The summed E-state index contributed by atoms with van der Waals surface area (Å²) < 4.78 is 0. The van der Waals surface area contributed by atoms with Crippen LogP contribution in [0.15, 0.2) is 0 Å². The van der Waals surface area contributed by atoms with Gasteiger partial charge in [0.15, 0.2) is 0 Å². The van der Waals surface area contributed by atoms with E-state index in [1.165, 1.54) is 17.7 Å². The van der Waals surface area contributed by atoms with Gasteiger partial charge in [0, 0.05) is 25.7 Å². The van der Waals surface area contributed by atoms with Crippen molar-refractivity contribution < 1.29 is 14.7 Å². The van der Waals surface area contributed by atoms with E-state index in [0.717, 1.165) is 32.4 Å². The van der Waals surface area contributed by atoms with Crippen LogP contribution >= 0.6 is 0 Å². The van der Waals surface area contributed by atoms with Gasteiger partial charge in [-0.3, -0.25) is 9.69 Å². The van der Waals surface area contributed by atoms with Crippen molar-refractivity contribution >= 4 is 11.9 Å². The highest BCUT2D eigenvalue weighted by atomic mass is 16.3. The molecule has 0 spiro atoms. The zero-order chi connectivity index (χ0) is 15.5. The fourth-order valence-corrected chi connectivity index (χ4v) is 3.28. The van der Waals surface area contributed by atoms with Crippen molar-refractivity contribution in [3.05, 3.63) is 0 Å². The van der Waals surface area contributed by atoms with Crippen LogP contribution in [0.4, 0.5) is 4.79 Å². The van der Waals surface area contributed by atoms with Crippen LogP contribution in [0.5, 0.6) is 0 Å². The molecule has 0 aromatic carbocycles. The second-order valence-corrected chi connectivity index (χ2v) is 6.56. The van der Waals surface area contributed by atoms with Gasteiger partial charge in [-0.15, -0.1) is 0 Å². The second-order valence-electron chi connectivity index (χ2n) is 6.56. The summed E-state index contributed by atoms with van der Waals surface area (Å²) >= 11 is 0. The Morgan fingerprint density at radius 3 is 2.67 bits per heavy atom. The molecule has 2 rings (SSSR count). The highest BCUT2D eigenvalue weighted by molar-refractivity contribution is 6.06. The number of carbonyl (C=O) groups is 2. The summed E-state index contributed by atoms with van der Waals surface area (Å²) in [5.74, 6) is -0.141. The molecule has 120 valence electrons. The molecule has 3 amide bonds. The number of hydrogen-bond acceptors (Lipinski definition) is 4. The number of aliphatic hydroxyl groups excluding tert-OH is 1. The number of amides is 3. The van der Waals surface area contributed by atoms with E-state index < -0.39 is 5.54 Å². The van der Waals surface area contributed by atoms with Gasteiger partial charge in [-0.25, -0.2) is 4.79 Å². The third-order valence-electron chi connectivity index (χ3n) is 4.48. The summed E-state index contributed by atoms with van der Waals surface area (Å²) in [6, 6.07) is 0.166. The molecule has 1 unspecified atom stereocenters. The fourth-order valence-electron chi connectivity index (χ4n) is 3.28. The summed E-state index contributed by atoms with van der Waals surface area (Å²) in [4.78, 5) is 27.6. The predicted molar refractivity (Wildman–Crippen MR) is 79.9 cm³/mol. The third kappa shape index (κ3) is 3.74. The monoisotopic (exact) mass is 297 g/mol. The van der Waals surface area contributed by atoms with E-state index in [-0.39, 0.29) is 18.5 Å². The number of imide groups is 1. The molecule has 2 aliphatic rings. The predicted octanol–water partition coefficient (Wildman–Crippen LogP) is 0.944. The molecule has 0 aromatic heterocycles. The molecule has 21 heavy (non-hydrogen) atoms. The molecular weight excluding hydrogens is 270 g/mol. The molecule has 0 aliphatic carbocycles. The quantitative estimate of drug-likeness (QED) is 0.716. The Bertz CT molecular complexity index is 396. The van der Waals surface area contributed by atoms with Crippen molar-refractivity contribution in [2.45, 2.75) is 57.5 Å². The molecule has 2 aliphatic heterocycles. The Balaban J connectivity index is 1.81. The lowest BCUT2D eigenvalue weighted by Gasteiger charge is -2.35. The first-order valence-electron chi connectivity index (χ1n) is 7.95. The van der Waals surface area contributed by atoms with Gasteiger partial charge in [0.2, 0.25) is 0 Å². The Labute approximate surface area is 126 Å². The van der Waals surface area contributed by atoms with E-state index in [1.54, 1.807) is 13.8 Å². The maximum Gasteiger partial charge on any atom is 0.325 e. The van der Waals surface area contributed by atoms with E-state index in [1.807, 2.05) is 0 Å². The maximum absolute atomic E-state index is 12.1. The van der Waals surface area contributed by atoms with Crippen molar-refractivity contribution in [1.29, 1.82) is 0 Å². The maximum atomic E-state index is 12.1. The zero-order valence-electron chi connectivity index (χ0n) is 13.1. The first kappa shape index (κ1) is 16.2. The standard InChI is InChI=1S/C15H27N3O3/c1-15(2)13(20)18(14(21)16-15)10-5-9-17-8-4-3-6-12(17)7-11-19/h12,19H,3-11H2,1-2H3,(H,16,21). The normalized spacial score (nSPS) is 26.2. The van der Waals surface area contributed by atoms with Crippen molar-refractivity contribution in [3.63, 3.8) is 0 Å². The summed E-state index contributed by atoms with van der Waals surface area (Å²) in [5.41, 5.74) is -0.776. The summed E-state index contributed by atoms with van der Waals surface area (Å²) in [5, 5.41) is 11.8. The van der Waals surface area contributed by atoms with Crippen LogP contribution in [-0.2, 0) is 4.79 Å². The number of likely N-dealkylation sites (tertiary alicyclic amines) is 1. The van der Waals surface area contributed by atoms with Gasteiger partial charge >= 0.3 is 6.03 Å². The number of nitrogens with zero attached hydrogens (tertiary/aromatic N) is 2. The molecule has 2 N–H and O–H groups in total. The molecule has 2 fully saturated rings. The lowest BCUT2D eigenvalue weighted by Crippen LogP contribution is -2.42. The summed E-state index contributed by atoms with van der Waals surface area (Å²) in [6.07, 6.45) is 5.16. The topological polar surface area (TPSA) is 72.9 Å². The second kappa shape index (κ2) is 6.75. The number of nitrogens with one attached hydrogen (secondary N) is 1. The molecule has 6 nitrogen and oxygen atoms in total. The van der Waals surface area contributed by atoms with Gasteiger partial charge in [0.25, 0.3) is 5.91 Å². The number of urea groups is 1. The van der Waals surface area contributed by atoms with Crippen molar-refractivity contribution in [2.75, 3.05) is 26.2 Å². The molecule has 1 atom stereocenters. The third-order valence-corrected chi connectivity index (χ3v) is 4.48. The average molecular weight is 297 g/mol. The Morgan fingerprint density at radius 2 is 2.05 bits per heavy atom. The van der Waals surface area contributed by atoms with E-state index >= 15 is 0 Å². The van der Waals surface area contributed by atoms with Crippen LogP contribution in [0, 0.1) is 0 Å². The lowest BCUT2D eigenvalue weighted by atomic mass is 9.99. The number of carbonyl (C=O) groups excluding carboxylic acids is 2. The minimum absolute atomic E-state index is 0.141. The van der Waals surface area contributed by atoms with Gasteiger partial charge in [0.1, 0.15) is 5.54 Å². The fraction of sp³-hybridized carbons (Fsp3) is 0.867. The number of hydrogen-bond donors (Lipinski definition) is 2. The summed E-state index contributed by atoms with van der Waals surface area (Å²) in [6.45, 7) is 6.08. The van der Waals surface area contributed by atoms with Crippen LogP contribution < -0.4 is 5.32 Å². The minimum atomic E-state index is -0.776. The van der Waals surface area contributed by atoms with Crippen LogP contribution in [0.2, 0.25) is 0 Å².